The molecule has 1 aliphatic heterocycles. The molecule has 1 N–H and O–H groups in total. The molecule has 0 radical (unpaired) electrons. The molecule has 0 aromatic carbocycles. The highest BCUT2D eigenvalue weighted by atomic mass is 16.5. The minimum atomic E-state index is -0.171. The van der Waals surface area contributed by atoms with Crippen LogP contribution in [-0.2, 0) is 4.74 Å². The first-order chi connectivity index (χ1) is 8.54. The molecule has 2 aliphatic rings. The molecule has 2 fully saturated rings. The maximum atomic E-state index is 10.5. The maximum absolute atomic E-state index is 10.5. The molecular weight excluding hydrogens is 226 g/mol. The molecule has 3 nitrogen and oxygen atoms in total. The molecule has 1 saturated carbocycles. The van der Waals surface area contributed by atoms with Crippen molar-refractivity contribution in [3.8, 4) is 0 Å². The third-order valence-electron chi connectivity index (χ3n) is 4.83. The molecule has 0 bridgehead atoms. The van der Waals surface area contributed by atoms with Crippen molar-refractivity contribution in [2.45, 2.75) is 71.1 Å². The predicted octanol–water partition coefficient (Wildman–Crippen LogP) is 2.43. The van der Waals surface area contributed by atoms with Crippen LogP contribution in [0.4, 0.5) is 0 Å². The lowest BCUT2D eigenvalue weighted by molar-refractivity contribution is -0.0762. The van der Waals surface area contributed by atoms with Crippen LogP contribution < -0.4 is 0 Å². The van der Waals surface area contributed by atoms with E-state index in [0.717, 1.165) is 45.4 Å². The first kappa shape index (κ1) is 14.3. The van der Waals surface area contributed by atoms with E-state index in [2.05, 4.69) is 25.7 Å². The molecule has 0 aromatic heterocycles. The Kier molecular flexibility index (Phi) is 4.68. The minimum Gasteiger partial charge on any atom is -0.391 e. The number of aliphatic hydroxyl groups excluding tert-OH is 1. The number of ether oxygens (including phenoxy) is 1. The van der Waals surface area contributed by atoms with Crippen LogP contribution in [0.15, 0.2) is 0 Å². The van der Waals surface area contributed by atoms with Gasteiger partial charge in [0, 0.05) is 25.7 Å². The van der Waals surface area contributed by atoms with Gasteiger partial charge in [-0.05, 0) is 38.0 Å². The van der Waals surface area contributed by atoms with Gasteiger partial charge in [-0.2, -0.15) is 0 Å². The van der Waals surface area contributed by atoms with Gasteiger partial charge in [0.05, 0.1) is 12.2 Å². The predicted molar refractivity (Wildman–Crippen MR) is 73.6 cm³/mol. The molecule has 2 unspecified atom stereocenters. The summed E-state index contributed by atoms with van der Waals surface area (Å²) in [4.78, 5) is 2.50. The Hall–Kier alpha value is -0.120. The van der Waals surface area contributed by atoms with Crippen molar-refractivity contribution in [2.24, 2.45) is 5.41 Å². The maximum Gasteiger partial charge on any atom is 0.0746 e. The summed E-state index contributed by atoms with van der Waals surface area (Å²) in [6, 6.07) is 0.372. The van der Waals surface area contributed by atoms with E-state index in [1.807, 2.05) is 0 Å². The Morgan fingerprint density at radius 1 is 1.22 bits per heavy atom. The van der Waals surface area contributed by atoms with E-state index in [9.17, 15) is 5.11 Å². The summed E-state index contributed by atoms with van der Waals surface area (Å²) in [6.45, 7) is 9.47. The van der Waals surface area contributed by atoms with Crippen LogP contribution in [0.5, 0.6) is 0 Å². The largest absolute Gasteiger partial charge is 0.391 e. The molecule has 2 rings (SSSR count). The van der Waals surface area contributed by atoms with Gasteiger partial charge in [-0.15, -0.1) is 0 Å². The second-order valence-corrected chi connectivity index (χ2v) is 6.58. The lowest BCUT2D eigenvalue weighted by Crippen LogP contribution is -2.54. The van der Waals surface area contributed by atoms with Crippen LogP contribution in [0.25, 0.3) is 0 Å². The Balaban J connectivity index is 1.89. The molecule has 0 spiro atoms. The van der Waals surface area contributed by atoms with Crippen molar-refractivity contribution >= 4 is 0 Å². The van der Waals surface area contributed by atoms with Gasteiger partial charge in [-0.1, -0.05) is 20.3 Å². The van der Waals surface area contributed by atoms with Gasteiger partial charge >= 0.3 is 0 Å². The number of piperidine rings is 1. The summed E-state index contributed by atoms with van der Waals surface area (Å²) in [5, 5.41) is 10.5. The zero-order chi connectivity index (χ0) is 13.2. The summed E-state index contributed by atoms with van der Waals surface area (Å²) < 4.78 is 5.70. The van der Waals surface area contributed by atoms with Crippen LogP contribution in [0.3, 0.4) is 0 Å². The SMILES string of the molecule is CCOC1CCN(C2CCCC(C)(C)C2O)CC1. The highest BCUT2D eigenvalue weighted by Gasteiger charge is 2.41. The second kappa shape index (κ2) is 5.89. The van der Waals surface area contributed by atoms with Gasteiger partial charge in [0.2, 0.25) is 0 Å². The van der Waals surface area contributed by atoms with Crippen LogP contribution >= 0.6 is 0 Å². The van der Waals surface area contributed by atoms with Crippen LogP contribution in [0.1, 0.15) is 52.9 Å². The standard InChI is InChI=1S/C15H29NO2/c1-4-18-12-7-10-16(11-8-12)13-6-5-9-15(2,3)14(13)17/h12-14,17H,4-11H2,1-3H3. The zero-order valence-corrected chi connectivity index (χ0v) is 12.2. The van der Waals surface area contributed by atoms with Crippen LogP contribution in [0.2, 0.25) is 0 Å². The fraction of sp³-hybridized carbons (Fsp3) is 1.00. The van der Waals surface area contributed by atoms with Gasteiger partial charge in [0.1, 0.15) is 0 Å². The number of likely N-dealkylation sites (tertiary alicyclic amines) is 1. The Morgan fingerprint density at radius 2 is 1.89 bits per heavy atom. The van der Waals surface area contributed by atoms with Gasteiger partial charge in [-0.25, -0.2) is 0 Å². The lowest BCUT2D eigenvalue weighted by Gasteiger charge is -2.47. The summed E-state index contributed by atoms with van der Waals surface area (Å²) in [7, 11) is 0. The number of hydrogen-bond acceptors (Lipinski definition) is 3. The quantitative estimate of drug-likeness (QED) is 0.840. The zero-order valence-electron chi connectivity index (χ0n) is 12.2. The van der Waals surface area contributed by atoms with E-state index < -0.39 is 0 Å². The van der Waals surface area contributed by atoms with E-state index in [-0.39, 0.29) is 11.5 Å². The molecule has 2 atom stereocenters. The van der Waals surface area contributed by atoms with Gasteiger partial charge < -0.3 is 9.84 Å². The molecule has 0 amide bonds. The summed E-state index contributed by atoms with van der Waals surface area (Å²) in [5.41, 5.74) is 0.0830. The summed E-state index contributed by atoms with van der Waals surface area (Å²) in [5.74, 6) is 0. The molecule has 3 heteroatoms. The minimum absolute atomic E-state index is 0.0830. The summed E-state index contributed by atoms with van der Waals surface area (Å²) >= 11 is 0. The van der Waals surface area contributed by atoms with E-state index >= 15 is 0 Å². The fourth-order valence-electron chi connectivity index (χ4n) is 3.59. The highest BCUT2D eigenvalue weighted by Crippen LogP contribution is 2.38. The fourth-order valence-corrected chi connectivity index (χ4v) is 3.59. The molecule has 106 valence electrons. The first-order valence-electron chi connectivity index (χ1n) is 7.58. The van der Waals surface area contributed by atoms with Crippen molar-refractivity contribution < 1.29 is 9.84 Å². The second-order valence-electron chi connectivity index (χ2n) is 6.58. The van der Waals surface area contributed by atoms with Gasteiger partial charge in [0.15, 0.2) is 0 Å². The summed E-state index contributed by atoms with van der Waals surface area (Å²) in [6.07, 6.45) is 6.08. The molecular formula is C15H29NO2. The van der Waals surface area contributed by atoms with Gasteiger partial charge in [-0.3, -0.25) is 4.90 Å². The first-order valence-corrected chi connectivity index (χ1v) is 7.58. The monoisotopic (exact) mass is 255 g/mol. The third kappa shape index (κ3) is 3.06. The van der Waals surface area contributed by atoms with Crippen molar-refractivity contribution in [3.05, 3.63) is 0 Å². The average Bonchev–Trinajstić information content (AvgIpc) is 2.34. The van der Waals surface area contributed by atoms with E-state index in [4.69, 9.17) is 4.74 Å². The van der Waals surface area contributed by atoms with E-state index in [1.165, 1.54) is 6.42 Å². The van der Waals surface area contributed by atoms with Crippen molar-refractivity contribution in [3.63, 3.8) is 0 Å². The lowest BCUT2D eigenvalue weighted by atomic mass is 9.72. The number of aliphatic hydroxyl groups is 1. The molecule has 1 saturated heterocycles. The van der Waals surface area contributed by atoms with Crippen molar-refractivity contribution in [1.82, 2.24) is 4.90 Å². The number of nitrogens with zero attached hydrogens (tertiary/aromatic N) is 1. The van der Waals surface area contributed by atoms with E-state index in [0.29, 0.717) is 12.1 Å². The van der Waals surface area contributed by atoms with Crippen LogP contribution in [0, 0.1) is 5.41 Å². The van der Waals surface area contributed by atoms with Crippen LogP contribution in [-0.4, -0.2) is 48.0 Å². The highest BCUT2D eigenvalue weighted by molar-refractivity contribution is 4.94. The van der Waals surface area contributed by atoms with Gasteiger partial charge in [0.25, 0.3) is 0 Å². The molecule has 0 aromatic rings. The smallest absolute Gasteiger partial charge is 0.0746 e. The molecule has 18 heavy (non-hydrogen) atoms. The number of hydrogen-bond donors (Lipinski definition) is 1. The normalized spacial score (nSPS) is 34.7. The Labute approximate surface area is 112 Å². The molecule has 1 aliphatic carbocycles. The van der Waals surface area contributed by atoms with Crippen molar-refractivity contribution in [2.75, 3.05) is 19.7 Å². The third-order valence-corrected chi connectivity index (χ3v) is 4.83. The molecule has 1 heterocycles. The Bertz CT molecular complexity index is 259. The average molecular weight is 255 g/mol. The number of rotatable bonds is 3. The van der Waals surface area contributed by atoms with E-state index in [1.54, 1.807) is 0 Å². The topological polar surface area (TPSA) is 32.7 Å². The Morgan fingerprint density at radius 3 is 2.50 bits per heavy atom. The van der Waals surface area contributed by atoms with Crippen molar-refractivity contribution in [1.29, 1.82) is 0 Å².